The van der Waals surface area contributed by atoms with Crippen LogP contribution in [0, 0.1) is 5.92 Å². The zero-order valence-electron chi connectivity index (χ0n) is 13.9. The second-order valence-corrected chi connectivity index (χ2v) is 5.90. The van der Waals surface area contributed by atoms with E-state index in [0.29, 0.717) is 22.4 Å². The molecular weight excluding hydrogens is 338 g/mol. The minimum atomic E-state index is -1.32. The Morgan fingerprint density at radius 1 is 1.12 bits per heavy atom. The molecule has 0 bridgehead atoms. The number of aliphatic hydroxyl groups is 1. The third-order valence-corrected chi connectivity index (χ3v) is 4.25. The highest BCUT2D eigenvalue weighted by Gasteiger charge is 2.31. The van der Waals surface area contributed by atoms with E-state index >= 15 is 0 Å². The van der Waals surface area contributed by atoms with Crippen LogP contribution in [0.2, 0.25) is 0 Å². The van der Waals surface area contributed by atoms with E-state index in [9.17, 15) is 19.8 Å². The lowest BCUT2D eigenvalue weighted by Crippen LogP contribution is -2.36. The minimum Gasteiger partial charge on any atom is -0.481 e. The zero-order valence-corrected chi connectivity index (χ0v) is 13.9. The molecule has 3 N–H and O–H groups in total. The van der Waals surface area contributed by atoms with Crippen molar-refractivity contribution in [2.45, 2.75) is 12.7 Å². The number of aliphatic hydroxyl groups excluding tert-OH is 1. The van der Waals surface area contributed by atoms with E-state index < -0.39 is 23.9 Å². The van der Waals surface area contributed by atoms with Crippen molar-refractivity contribution in [2.75, 3.05) is 13.3 Å². The van der Waals surface area contributed by atoms with Gasteiger partial charge >= 0.3 is 5.97 Å². The maximum atomic E-state index is 12.1. The summed E-state index contributed by atoms with van der Waals surface area (Å²) in [5, 5.41) is 22.7. The molecule has 0 unspecified atom stereocenters. The quantitative estimate of drug-likeness (QED) is 0.727. The van der Waals surface area contributed by atoms with Gasteiger partial charge in [-0.2, -0.15) is 0 Å². The molecule has 1 aliphatic rings. The first kappa shape index (κ1) is 17.9. The van der Waals surface area contributed by atoms with Crippen molar-refractivity contribution < 1.29 is 29.3 Å². The molecule has 0 spiro atoms. The average molecular weight is 357 g/mol. The number of benzene rings is 2. The Labute approximate surface area is 150 Å². The third-order valence-electron chi connectivity index (χ3n) is 4.25. The van der Waals surface area contributed by atoms with Gasteiger partial charge in [-0.25, -0.2) is 0 Å². The fourth-order valence-corrected chi connectivity index (χ4v) is 2.84. The number of carboxylic acid groups (broad SMARTS) is 1. The molecule has 1 amide bonds. The Morgan fingerprint density at radius 3 is 2.62 bits per heavy atom. The molecule has 2 aromatic carbocycles. The lowest BCUT2D eigenvalue weighted by atomic mass is 9.91. The van der Waals surface area contributed by atoms with Crippen molar-refractivity contribution in [2.24, 2.45) is 5.92 Å². The van der Waals surface area contributed by atoms with Crippen molar-refractivity contribution in [3.05, 3.63) is 65.2 Å². The number of carboxylic acids is 1. The molecule has 0 saturated heterocycles. The van der Waals surface area contributed by atoms with Gasteiger partial charge in [0.05, 0.1) is 12.7 Å². The standard InChI is InChI=1S/C19H19NO6/c21-17(13-7-4-8-16-15(13)10-25-11-26-16)14(19(23)24)9-20-18(22)12-5-2-1-3-6-12/h1-8,14,17,21H,9-11H2,(H,20,22)(H,23,24)/t14-,17-/m1/s1. The van der Waals surface area contributed by atoms with Gasteiger partial charge in [0, 0.05) is 17.7 Å². The lowest BCUT2D eigenvalue weighted by molar-refractivity contribution is -0.145. The molecule has 136 valence electrons. The number of aliphatic carboxylic acids is 1. The first-order valence-electron chi connectivity index (χ1n) is 8.14. The fourth-order valence-electron chi connectivity index (χ4n) is 2.84. The molecule has 0 aromatic heterocycles. The number of fused-ring (bicyclic) bond motifs is 1. The van der Waals surface area contributed by atoms with Crippen LogP contribution in [0.25, 0.3) is 0 Å². The lowest BCUT2D eigenvalue weighted by Gasteiger charge is -2.25. The van der Waals surface area contributed by atoms with Gasteiger partial charge in [0.1, 0.15) is 11.7 Å². The molecule has 1 aliphatic heterocycles. The number of carbonyl (C=O) groups excluding carboxylic acids is 1. The molecule has 0 aliphatic carbocycles. The van der Waals surface area contributed by atoms with E-state index in [2.05, 4.69) is 5.32 Å². The van der Waals surface area contributed by atoms with Crippen molar-refractivity contribution in [3.63, 3.8) is 0 Å². The largest absolute Gasteiger partial charge is 0.481 e. The van der Waals surface area contributed by atoms with E-state index in [1.54, 1.807) is 48.5 Å². The van der Waals surface area contributed by atoms with E-state index in [4.69, 9.17) is 9.47 Å². The van der Waals surface area contributed by atoms with Crippen LogP contribution in [0.15, 0.2) is 48.5 Å². The smallest absolute Gasteiger partial charge is 0.311 e. The maximum absolute atomic E-state index is 12.1. The van der Waals surface area contributed by atoms with Crippen molar-refractivity contribution in [1.29, 1.82) is 0 Å². The van der Waals surface area contributed by atoms with Crippen LogP contribution >= 0.6 is 0 Å². The topological polar surface area (TPSA) is 105 Å². The molecule has 0 radical (unpaired) electrons. The first-order chi connectivity index (χ1) is 12.6. The summed E-state index contributed by atoms with van der Waals surface area (Å²) in [5.41, 5.74) is 1.46. The van der Waals surface area contributed by atoms with Crippen LogP contribution in [-0.2, 0) is 16.1 Å². The van der Waals surface area contributed by atoms with Crippen LogP contribution in [0.4, 0.5) is 0 Å². The van der Waals surface area contributed by atoms with Crippen LogP contribution in [0.1, 0.15) is 27.6 Å². The van der Waals surface area contributed by atoms with Gasteiger partial charge in [-0.3, -0.25) is 9.59 Å². The predicted molar refractivity (Wildman–Crippen MR) is 91.6 cm³/mol. The molecule has 0 fully saturated rings. The van der Waals surface area contributed by atoms with Crippen molar-refractivity contribution in [3.8, 4) is 5.75 Å². The van der Waals surface area contributed by atoms with Gasteiger partial charge in [-0.15, -0.1) is 0 Å². The monoisotopic (exact) mass is 357 g/mol. The summed E-state index contributed by atoms with van der Waals surface area (Å²) in [6, 6.07) is 13.5. The van der Waals surface area contributed by atoms with Gasteiger partial charge in [-0.1, -0.05) is 30.3 Å². The Hall–Kier alpha value is -2.90. The van der Waals surface area contributed by atoms with Crippen LogP contribution < -0.4 is 10.1 Å². The van der Waals surface area contributed by atoms with E-state index in [0.717, 1.165) is 0 Å². The molecule has 7 heteroatoms. The number of rotatable bonds is 6. The molecule has 1 heterocycles. The van der Waals surface area contributed by atoms with Gasteiger partial charge in [0.25, 0.3) is 5.91 Å². The normalized spacial score (nSPS) is 15.3. The van der Waals surface area contributed by atoms with Crippen LogP contribution in [-0.4, -0.2) is 35.4 Å². The highest BCUT2D eigenvalue weighted by atomic mass is 16.7. The Bertz CT molecular complexity index is 792. The van der Waals surface area contributed by atoms with E-state index in [1.807, 2.05) is 0 Å². The van der Waals surface area contributed by atoms with Crippen LogP contribution in [0.3, 0.4) is 0 Å². The molecule has 2 atom stereocenters. The maximum Gasteiger partial charge on any atom is 0.311 e. The Balaban J connectivity index is 1.76. The minimum absolute atomic E-state index is 0.113. The Kier molecular flexibility index (Phi) is 5.50. The van der Waals surface area contributed by atoms with Gasteiger partial charge in [0.15, 0.2) is 6.79 Å². The molecule has 7 nitrogen and oxygen atoms in total. The fraction of sp³-hybridized carbons (Fsp3) is 0.263. The number of hydrogen-bond acceptors (Lipinski definition) is 5. The van der Waals surface area contributed by atoms with Gasteiger partial charge in [-0.05, 0) is 23.8 Å². The second kappa shape index (κ2) is 7.99. The molecule has 26 heavy (non-hydrogen) atoms. The molecule has 3 rings (SSSR count). The van der Waals surface area contributed by atoms with Crippen molar-refractivity contribution in [1.82, 2.24) is 5.32 Å². The number of carbonyl (C=O) groups is 2. The summed E-state index contributed by atoms with van der Waals surface area (Å²) >= 11 is 0. The SMILES string of the molecule is O=C(NC[C@@H](C(=O)O)[C@H](O)c1cccc2c1COCO2)c1ccccc1. The van der Waals surface area contributed by atoms with Gasteiger partial charge < -0.3 is 25.0 Å². The van der Waals surface area contributed by atoms with E-state index in [-0.39, 0.29) is 19.9 Å². The summed E-state index contributed by atoms with van der Waals surface area (Å²) in [7, 11) is 0. The summed E-state index contributed by atoms with van der Waals surface area (Å²) in [6.45, 7) is 0.128. The average Bonchev–Trinajstić information content (AvgIpc) is 2.67. The van der Waals surface area contributed by atoms with Crippen LogP contribution in [0.5, 0.6) is 5.75 Å². The highest BCUT2D eigenvalue weighted by molar-refractivity contribution is 5.94. The number of ether oxygens (including phenoxy) is 2. The number of hydrogen-bond donors (Lipinski definition) is 3. The summed E-state index contributed by atoms with van der Waals surface area (Å²) < 4.78 is 10.6. The zero-order chi connectivity index (χ0) is 18.5. The second-order valence-electron chi connectivity index (χ2n) is 5.90. The highest BCUT2D eigenvalue weighted by Crippen LogP contribution is 2.33. The summed E-state index contributed by atoms with van der Waals surface area (Å²) in [5.74, 6) is -2.26. The Morgan fingerprint density at radius 2 is 1.88 bits per heavy atom. The van der Waals surface area contributed by atoms with Gasteiger partial charge in [0.2, 0.25) is 0 Å². The number of nitrogens with one attached hydrogen (secondary N) is 1. The summed E-state index contributed by atoms with van der Waals surface area (Å²) in [4.78, 5) is 23.8. The first-order valence-corrected chi connectivity index (χ1v) is 8.14. The predicted octanol–water partition coefficient (Wildman–Crippen LogP) is 1.72. The van der Waals surface area contributed by atoms with E-state index in [1.165, 1.54) is 0 Å². The van der Waals surface area contributed by atoms with Crippen molar-refractivity contribution >= 4 is 11.9 Å². The third kappa shape index (κ3) is 3.84. The molecular formula is C19H19NO6. The summed E-state index contributed by atoms with van der Waals surface area (Å²) in [6.07, 6.45) is -1.32. The molecule has 0 saturated carbocycles. The molecule has 2 aromatic rings. The number of amides is 1.